The highest BCUT2D eigenvalue weighted by molar-refractivity contribution is 5.40. The van der Waals surface area contributed by atoms with Crippen LogP contribution in [0.2, 0.25) is 0 Å². The Bertz CT molecular complexity index is 512. The predicted molar refractivity (Wildman–Crippen MR) is 55.5 cm³/mol. The van der Waals surface area contributed by atoms with Gasteiger partial charge in [-0.05, 0) is 19.8 Å². The zero-order valence-electron chi connectivity index (χ0n) is 8.64. The highest BCUT2D eigenvalue weighted by Gasteiger charge is 2.46. The van der Waals surface area contributed by atoms with Crippen LogP contribution in [-0.4, -0.2) is 26.1 Å². The van der Waals surface area contributed by atoms with Crippen molar-refractivity contribution in [2.24, 2.45) is 5.73 Å². The van der Waals surface area contributed by atoms with Crippen LogP contribution in [0.15, 0.2) is 12.4 Å². The summed E-state index contributed by atoms with van der Waals surface area (Å²) >= 11 is 0. The molecule has 1 aliphatic rings. The van der Waals surface area contributed by atoms with Gasteiger partial charge < -0.3 is 5.73 Å². The van der Waals surface area contributed by atoms with Gasteiger partial charge in [-0.2, -0.15) is 0 Å². The Morgan fingerprint density at radius 3 is 2.93 bits per heavy atom. The van der Waals surface area contributed by atoms with Crippen LogP contribution in [0, 0.1) is 6.92 Å². The zero-order chi connectivity index (χ0) is 10.5. The molecule has 3 rings (SSSR count). The van der Waals surface area contributed by atoms with Crippen LogP contribution in [0.4, 0.5) is 0 Å². The lowest BCUT2D eigenvalue weighted by atomic mass is 10.1. The molecule has 5 heteroatoms. The summed E-state index contributed by atoms with van der Waals surface area (Å²) in [5.74, 6) is 0.965. The van der Waals surface area contributed by atoms with E-state index in [9.17, 15) is 0 Å². The van der Waals surface area contributed by atoms with E-state index in [2.05, 4.69) is 15.2 Å². The second kappa shape index (κ2) is 2.76. The third-order valence-corrected chi connectivity index (χ3v) is 3.16. The molecule has 0 bridgehead atoms. The third kappa shape index (κ3) is 1.16. The van der Waals surface area contributed by atoms with E-state index in [4.69, 9.17) is 5.73 Å². The van der Waals surface area contributed by atoms with Crippen molar-refractivity contribution in [1.82, 2.24) is 19.6 Å². The fourth-order valence-electron chi connectivity index (χ4n) is 1.92. The topological polar surface area (TPSA) is 69.1 Å². The highest BCUT2D eigenvalue weighted by atomic mass is 15.3. The normalized spacial score (nSPS) is 18.3. The van der Waals surface area contributed by atoms with Crippen LogP contribution in [0.3, 0.4) is 0 Å². The van der Waals surface area contributed by atoms with Crippen molar-refractivity contribution in [2.75, 3.05) is 6.54 Å². The van der Waals surface area contributed by atoms with Crippen LogP contribution in [0.25, 0.3) is 5.65 Å². The Morgan fingerprint density at radius 1 is 1.47 bits per heavy atom. The first-order chi connectivity index (χ1) is 7.25. The summed E-state index contributed by atoms with van der Waals surface area (Å²) in [5.41, 5.74) is 7.66. The standard InChI is InChI=1S/C10H13N5/c1-7-4-8-13-14-9(15(8)6-12-7)10(5-11)2-3-10/h4,6H,2-3,5,11H2,1H3. The van der Waals surface area contributed by atoms with Gasteiger partial charge in [0.15, 0.2) is 5.65 Å². The molecule has 0 aliphatic heterocycles. The number of rotatable bonds is 2. The molecule has 1 aliphatic carbocycles. The van der Waals surface area contributed by atoms with Gasteiger partial charge in [-0.15, -0.1) is 10.2 Å². The van der Waals surface area contributed by atoms with Crippen LogP contribution in [0.5, 0.6) is 0 Å². The minimum atomic E-state index is 0.0658. The van der Waals surface area contributed by atoms with Crippen molar-refractivity contribution < 1.29 is 0 Å². The Kier molecular flexibility index (Phi) is 1.62. The van der Waals surface area contributed by atoms with Crippen molar-refractivity contribution in [1.29, 1.82) is 0 Å². The molecule has 0 spiro atoms. The Hall–Kier alpha value is -1.49. The van der Waals surface area contributed by atoms with Crippen molar-refractivity contribution >= 4 is 5.65 Å². The van der Waals surface area contributed by atoms with Gasteiger partial charge in [0.25, 0.3) is 0 Å². The SMILES string of the molecule is Cc1cc2nnc(C3(CN)CC3)n2cn1. The molecule has 0 amide bonds. The number of aryl methyl sites for hydroxylation is 1. The molecule has 1 fully saturated rings. The number of hydrogen-bond acceptors (Lipinski definition) is 4. The van der Waals surface area contributed by atoms with Gasteiger partial charge in [-0.3, -0.25) is 4.40 Å². The molecule has 2 heterocycles. The molecule has 78 valence electrons. The fraction of sp³-hybridized carbons (Fsp3) is 0.500. The first-order valence-electron chi connectivity index (χ1n) is 5.13. The maximum Gasteiger partial charge on any atom is 0.163 e. The van der Waals surface area contributed by atoms with Gasteiger partial charge in [0.2, 0.25) is 0 Å². The van der Waals surface area contributed by atoms with E-state index in [1.807, 2.05) is 17.4 Å². The van der Waals surface area contributed by atoms with Crippen molar-refractivity contribution in [2.45, 2.75) is 25.2 Å². The van der Waals surface area contributed by atoms with E-state index < -0.39 is 0 Å². The molecule has 0 saturated heterocycles. The largest absolute Gasteiger partial charge is 0.329 e. The number of nitrogens with two attached hydrogens (primary N) is 1. The van der Waals surface area contributed by atoms with Crippen LogP contribution in [0.1, 0.15) is 24.4 Å². The molecule has 2 aromatic heterocycles. The molecule has 1 saturated carbocycles. The van der Waals surface area contributed by atoms with Gasteiger partial charge in [0, 0.05) is 23.7 Å². The van der Waals surface area contributed by atoms with Crippen LogP contribution < -0.4 is 5.73 Å². The second-order valence-electron chi connectivity index (χ2n) is 4.27. The summed E-state index contributed by atoms with van der Waals surface area (Å²) in [6.45, 7) is 2.59. The third-order valence-electron chi connectivity index (χ3n) is 3.16. The average Bonchev–Trinajstić information content (AvgIpc) is 2.93. The molecule has 2 N–H and O–H groups in total. The summed E-state index contributed by atoms with van der Waals surface area (Å²) < 4.78 is 1.95. The monoisotopic (exact) mass is 203 g/mol. The number of aromatic nitrogens is 4. The van der Waals surface area contributed by atoms with Crippen LogP contribution >= 0.6 is 0 Å². The maximum absolute atomic E-state index is 5.78. The molecular weight excluding hydrogens is 190 g/mol. The molecule has 0 atom stereocenters. The van der Waals surface area contributed by atoms with E-state index in [0.717, 1.165) is 30.0 Å². The Morgan fingerprint density at radius 2 is 2.27 bits per heavy atom. The van der Waals surface area contributed by atoms with E-state index in [0.29, 0.717) is 6.54 Å². The minimum absolute atomic E-state index is 0.0658. The Labute approximate surface area is 87.3 Å². The molecule has 0 unspecified atom stereocenters. The van der Waals surface area contributed by atoms with E-state index in [1.54, 1.807) is 6.33 Å². The van der Waals surface area contributed by atoms with Gasteiger partial charge in [0.1, 0.15) is 12.2 Å². The molecule has 5 nitrogen and oxygen atoms in total. The Balaban J connectivity index is 2.21. The van der Waals surface area contributed by atoms with E-state index in [1.165, 1.54) is 0 Å². The predicted octanol–water partition coefficient (Wildman–Crippen LogP) is 0.423. The first kappa shape index (κ1) is 8.79. The second-order valence-corrected chi connectivity index (χ2v) is 4.27. The lowest BCUT2D eigenvalue weighted by Gasteiger charge is -2.08. The van der Waals surface area contributed by atoms with Gasteiger partial charge in [-0.1, -0.05) is 0 Å². The summed E-state index contributed by atoms with van der Waals surface area (Å²) in [6.07, 6.45) is 4.01. The van der Waals surface area contributed by atoms with Gasteiger partial charge in [-0.25, -0.2) is 4.98 Å². The van der Waals surface area contributed by atoms with Gasteiger partial charge >= 0.3 is 0 Å². The first-order valence-corrected chi connectivity index (χ1v) is 5.13. The quantitative estimate of drug-likeness (QED) is 0.768. The molecule has 0 aromatic carbocycles. The number of fused-ring (bicyclic) bond motifs is 1. The molecule has 0 radical (unpaired) electrons. The minimum Gasteiger partial charge on any atom is -0.329 e. The number of hydrogen-bond donors (Lipinski definition) is 1. The maximum atomic E-state index is 5.78. The van der Waals surface area contributed by atoms with Crippen LogP contribution in [-0.2, 0) is 5.41 Å². The van der Waals surface area contributed by atoms with Crippen molar-refractivity contribution in [3.05, 3.63) is 23.9 Å². The lowest BCUT2D eigenvalue weighted by Crippen LogP contribution is -2.22. The number of nitrogens with zero attached hydrogens (tertiary/aromatic N) is 4. The van der Waals surface area contributed by atoms with Crippen molar-refractivity contribution in [3.8, 4) is 0 Å². The van der Waals surface area contributed by atoms with E-state index in [-0.39, 0.29) is 5.41 Å². The van der Waals surface area contributed by atoms with Gasteiger partial charge in [0.05, 0.1) is 0 Å². The summed E-state index contributed by atoms with van der Waals surface area (Å²) in [4.78, 5) is 4.26. The fourth-order valence-corrected chi connectivity index (χ4v) is 1.92. The summed E-state index contributed by atoms with van der Waals surface area (Å²) in [7, 11) is 0. The lowest BCUT2D eigenvalue weighted by molar-refractivity contribution is 0.637. The average molecular weight is 203 g/mol. The van der Waals surface area contributed by atoms with E-state index >= 15 is 0 Å². The summed E-state index contributed by atoms with van der Waals surface area (Å²) in [6, 6.07) is 1.93. The molecule has 15 heavy (non-hydrogen) atoms. The molecule has 2 aromatic rings. The molecular formula is C10H13N5. The summed E-state index contributed by atoms with van der Waals surface area (Å²) in [5, 5.41) is 8.39. The smallest absolute Gasteiger partial charge is 0.163 e. The zero-order valence-corrected chi connectivity index (χ0v) is 8.64. The van der Waals surface area contributed by atoms with Crippen molar-refractivity contribution in [3.63, 3.8) is 0 Å². The highest BCUT2D eigenvalue weighted by Crippen LogP contribution is 2.46.